The summed E-state index contributed by atoms with van der Waals surface area (Å²) in [6.45, 7) is 3.45. The Labute approximate surface area is 129 Å². The van der Waals surface area contributed by atoms with Gasteiger partial charge in [-0.2, -0.15) is 0 Å². The van der Waals surface area contributed by atoms with Crippen molar-refractivity contribution in [1.29, 1.82) is 0 Å². The molecule has 0 aliphatic rings. The first-order valence-electron chi connectivity index (χ1n) is 6.74. The minimum atomic E-state index is 0.181. The lowest BCUT2D eigenvalue weighted by atomic mass is 10.1. The Kier molecular flexibility index (Phi) is 5.62. The fourth-order valence-corrected chi connectivity index (χ4v) is 3.02. The van der Waals surface area contributed by atoms with Gasteiger partial charge in [-0.15, -0.1) is 11.3 Å². The van der Waals surface area contributed by atoms with Crippen molar-refractivity contribution in [3.63, 3.8) is 0 Å². The summed E-state index contributed by atoms with van der Waals surface area (Å²) in [5.74, 6) is 0.181. The largest absolute Gasteiger partial charge is 0.338 e. The first-order valence-corrected chi connectivity index (χ1v) is 8.00. The van der Waals surface area contributed by atoms with Crippen LogP contribution in [0.2, 0.25) is 5.02 Å². The van der Waals surface area contributed by atoms with Crippen LogP contribution < -0.4 is 0 Å². The number of hydrogen-bond donors (Lipinski definition) is 0. The molecule has 1 aromatic carbocycles. The van der Waals surface area contributed by atoms with Crippen LogP contribution in [0.1, 0.15) is 23.8 Å². The summed E-state index contributed by atoms with van der Waals surface area (Å²) in [7, 11) is 0. The molecular weight excluding hydrogens is 290 g/mol. The van der Waals surface area contributed by atoms with Crippen molar-refractivity contribution in [2.75, 3.05) is 6.54 Å². The van der Waals surface area contributed by atoms with Crippen LogP contribution in [0.3, 0.4) is 0 Å². The quantitative estimate of drug-likeness (QED) is 0.775. The number of nitrogens with zero attached hydrogens (tertiary/aromatic N) is 1. The number of amides is 1. The second-order valence-electron chi connectivity index (χ2n) is 4.58. The molecule has 0 fully saturated rings. The van der Waals surface area contributed by atoms with E-state index >= 15 is 0 Å². The maximum Gasteiger partial charge on any atom is 0.223 e. The molecule has 0 aliphatic heterocycles. The third-order valence-electron chi connectivity index (χ3n) is 3.23. The van der Waals surface area contributed by atoms with E-state index in [1.807, 2.05) is 47.5 Å². The van der Waals surface area contributed by atoms with E-state index in [9.17, 15) is 4.79 Å². The Morgan fingerprint density at radius 1 is 1.25 bits per heavy atom. The van der Waals surface area contributed by atoms with E-state index in [4.69, 9.17) is 11.6 Å². The third kappa shape index (κ3) is 4.09. The van der Waals surface area contributed by atoms with Crippen molar-refractivity contribution < 1.29 is 4.79 Å². The average Bonchev–Trinajstić information content (AvgIpc) is 2.96. The molecular formula is C16H18ClNOS. The van der Waals surface area contributed by atoms with Crippen LogP contribution in [-0.2, 0) is 17.8 Å². The van der Waals surface area contributed by atoms with Crippen LogP contribution in [-0.4, -0.2) is 17.4 Å². The Morgan fingerprint density at radius 2 is 2.05 bits per heavy atom. The van der Waals surface area contributed by atoms with Crippen LogP contribution in [0.15, 0.2) is 41.8 Å². The lowest BCUT2D eigenvalue weighted by Gasteiger charge is -2.20. The van der Waals surface area contributed by atoms with Crippen molar-refractivity contribution in [3.8, 4) is 0 Å². The van der Waals surface area contributed by atoms with E-state index in [2.05, 4.69) is 6.07 Å². The molecule has 0 saturated heterocycles. The van der Waals surface area contributed by atoms with E-state index in [1.165, 1.54) is 4.88 Å². The summed E-state index contributed by atoms with van der Waals surface area (Å²) in [6, 6.07) is 11.8. The minimum absolute atomic E-state index is 0.181. The normalized spacial score (nSPS) is 10.5. The molecule has 0 aliphatic carbocycles. The molecule has 1 amide bonds. The average molecular weight is 308 g/mol. The second-order valence-corrected chi connectivity index (χ2v) is 6.02. The van der Waals surface area contributed by atoms with E-state index in [-0.39, 0.29) is 5.91 Å². The van der Waals surface area contributed by atoms with Crippen molar-refractivity contribution in [1.82, 2.24) is 4.90 Å². The standard InChI is InChI=1S/C16H18ClNOS/c1-2-18(12-14-7-5-11-20-14)16(19)10-9-13-6-3-4-8-15(13)17/h3-8,11H,2,9-10,12H2,1H3. The van der Waals surface area contributed by atoms with Gasteiger partial charge >= 0.3 is 0 Å². The van der Waals surface area contributed by atoms with Gasteiger partial charge in [-0.3, -0.25) is 4.79 Å². The molecule has 2 nitrogen and oxygen atoms in total. The molecule has 4 heteroatoms. The number of rotatable bonds is 6. The predicted molar refractivity (Wildman–Crippen MR) is 85.2 cm³/mol. The van der Waals surface area contributed by atoms with Crippen LogP contribution >= 0.6 is 22.9 Å². The molecule has 2 aromatic rings. The zero-order valence-corrected chi connectivity index (χ0v) is 13.1. The molecule has 20 heavy (non-hydrogen) atoms. The van der Waals surface area contributed by atoms with Crippen molar-refractivity contribution in [3.05, 3.63) is 57.2 Å². The first-order chi connectivity index (χ1) is 9.70. The van der Waals surface area contributed by atoms with Crippen molar-refractivity contribution in [2.45, 2.75) is 26.3 Å². The summed E-state index contributed by atoms with van der Waals surface area (Å²) in [4.78, 5) is 15.4. The Morgan fingerprint density at radius 3 is 2.70 bits per heavy atom. The molecule has 1 aromatic heterocycles. The SMILES string of the molecule is CCN(Cc1cccs1)C(=O)CCc1ccccc1Cl. The molecule has 0 atom stereocenters. The molecule has 0 radical (unpaired) electrons. The summed E-state index contributed by atoms with van der Waals surface area (Å²) >= 11 is 7.80. The monoisotopic (exact) mass is 307 g/mol. The van der Waals surface area contributed by atoms with E-state index in [1.54, 1.807) is 11.3 Å². The third-order valence-corrected chi connectivity index (χ3v) is 4.46. The predicted octanol–water partition coefficient (Wildman–Crippen LogP) is 4.38. The van der Waals surface area contributed by atoms with Crippen molar-refractivity contribution in [2.24, 2.45) is 0 Å². The topological polar surface area (TPSA) is 20.3 Å². The zero-order chi connectivity index (χ0) is 14.4. The van der Waals surface area contributed by atoms with Gasteiger partial charge in [0.1, 0.15) is 0 Å². The van der Waals surface area contributed by atoms with Gasteiger partial charge in [0.05, 0.1) is 6.54 Å². The fraction of sp³-hybridized carbons (Fsp3) is 0.312. The smallest absolute Gasteiger partial charge is 0.223 e. The molecule has 0 N–H and O–H groups in total. The molecule has 1 heterocycles. The lowest BCUT2D eigenvalue weighted by Crippen LogP contribution is -2.30. The molecule has 0 bridgehead atoms. The summed E-state index contributed by atoms with van der Waals surface area (Å²) in [6.07, 6.45) is 1.20. The molecule has 0 unspecified atom stereocenters. The van der Waals surface area contributed by atoms with Gasteiger partial charge in [0, 0.05) is 22.9 Å². The second kappa shape index (κ2) is 7.46. The van der Waals surface area contributed by atoms with Crippen molar-refractivity contribution >= 4 is 28.8 Å². The number of benzene rings is 1. The van der Waals surface area contributed by atoms with Crippen LogP contribution in [0.5, 0.6) is 0 Å². The van der Waals surface area contributed by atoms with Crippen LogP contribution in [0.4, 0.5) is 0 Å². The number of aryl methyl sites for hydroxylation is 1. The number of halogens is 1. The Balaban J connectivity index is 1.91. The number of thiophene rings is 1. The molecule has 2 rings (SSSR count). The molecule has 0 saturated carbocycles. The van der Waals surface area contributed by atoms with Gasteiger partial charge in [-0.1, -0.05) is 35.9 Å². The van der Waals surface area contributed by atoms with E-state index in [0.29, 0.717) is 19.4 Å². The maximum atomic E-state index is 12.3. The van der Waals surface area contributed by atoms with Gasteiger partial charge in [0.25, 0.3) is 0 Å². The summed E-state index contributed by atoms with van der Waals surface area (Å²) in [5.41, 5.74) is 1.04. The highest BCUT2D eigenvalue weighted by Crippen LogP contribution is 2.18. The highest BCUT2D eigenvalue weighted by atomic mass is 35.5. The highest BCUT2D eigenvalue weighted by Gasteiger charge is 2.13. The summed E-state index contributed by atoms with van der Waals surface area (Å²) < 4.78 is 0. The van der Waals surface area contributed by atoms with Gasteiger partial charge in [-0.25, -0.2) is 0 Å². The molecule has 0 spiro atoms. The van der Waals surface area contributed by atoms with E-state index < -0.39 is 0 Å². The van der Waals surface area contributed by atoms with Crippen LogP contribution in [0.25, 0.3) is 0 Å². The fourth-order valence-electron chi connectivity index (χ4n) is 2.07. The first kappa shape index (κ1) is 15.1. The van der Waals surface area contributed by atoms with Gasteiger partial charge < -0.3 is 4.90 Å². The minimum Gasteiger partial charge on any atom is -0.338 e. The Hall–Kier alpha value is -1.32. The lowest BCUT2D eigenvalue weighted by molar-refractivity contribution is -0.131. The van der Waals surface area contributed by atoms with Gasteiger partial charge in [0.15, 0.2) is 0 Å². The number of hydrogen-bond acceptors (Lipinski definition) is 2. The zero-order valence-electron chi connectivity index (χ0n) is 11.5. The van der Waals surface area contributed by atoms with E-state index in [0.717, 1.165) is 17.1 Å². The van der Waals surface area contributed by atoms with Gasteiger partial charge in [0.2, 0.25) is 5.91 Å². The van der Waals surface area contributed by atoms with Crippen LogP contribution in [0, 0.1) is 0 Å². The summed E-state index contributed by atoms with van der Waals surface area (Å²) in [5, 5.41) is 2.78. The van der Waals surface area contributed by atoms with Gasteiger partial charge in [-0.05, 0) is 36.4 Å². The molecule has 106 valence electrons. The number of carbonyl (C=O) groups is 1. The Bertz CT molecular complexity index is 553. The highest BCUT2D eigenvalue weighted by molar-refractivity contribution is 7.09. The number of carbonyl (C=O) groups excluding carboxylic acids is 1. The maximum absolute atomic E-state index is 12.3.